The zero-order valence-electron chi connectivity index (χ0n) is 17.7. The van der Waals surface area contributed by atoms with E-state index in [1.165, 1.54) is 0 Å². The van der Waals surface area contributed by atoms with Gasteiger partial charge in [0.25, 0.3) is 10.0 Å². The quantitative estimate of drug-likeness (QED) is 0.478. The van der Waals surface area contributed by atoms with Gasteiger partial charge in [0, 0.05) is 10.4 Å². The number of aryl methyl sites for hydroxylation is 1. The van der Waals surface area contributed by atoms with Gasteiger partial charge in [-0.1, -0.05) is 66.6 Å². The molecule has 3 aromatic carbocycles. The first-order valence-corrected chi connectivity index (χ1v) is 11.9. The Balaban J connectivity index is 1.93. The Morgan fingerprint density at radius 1 is 0.867 bits per heavy atom. The number of nitrogens with zero attached hydrogens (tertiary/aromatic N) is 1. The van der Waals surface area contributed by atoms with Crippen LogP contribution in [0.2, 0.25) is 5.02 Å². The van der Waals surface area contributed by atoms with Crippen LogP contribution in [-0.2, 0) is 15.4 Å². The number of hydrogen-bond acceptors (Lipinski definition) is 2. The smallest absolute Gasteiger partial charge is 0.260 e. The lowest BCUT2D eigenvalue weighted by Gasteiger charge is -2.51. The molecule has 0 radical (unpaired) electrons. The molecule has 5 heteroatoms. The van der Waals surface area contributed by atoms with Crippen LogP contribution in [0.4, 0.5) is 5.69 Å². The third-order valence-electron chi connectivity index (χ3n) is 6.09. The highest BCUT2D eigenvalue weighted by atomic mass is 35.5. The van der Waals surface area contributed by atoms with Gasteiger partial charge < -0.3 is 0 Å². The Kier molecular flexibility index (Phi) is 4.99. The van der Waals surface area contributed by atoms with Crippen LogP contribution in [0.3, 0.4) is 0 Å². The Labute approximate surface area is 184 Å². The van der Waals surface area contributed by atoms with Crippen LogP contribution in [0.1, 0.15) is 43.9 Å². The highest BCUT2D eigenvalue weighted by Gasteiger charge is 2.49. The maximum absolute atomic E-state index is 13.8. The second kappa shape index (κ2) is 7.14. The normalized spacial score (nSPS) is 20.6. The zero-order valence-corrected chi connectivity index (χ0v) is 19.3. The Bertz CT molecular complexity index is 1180. The van der Waals surface area contributed by atoms with Gasteiger partial charge in [0.1, 0.15) is 0 Å². The minimum atomic E-state index is -3.73. The summed E-state index contributed by atoms with van der Waals surface area (Å²) < 4.78 is 29.2. The van der Waals surface area contributed by atoms with E-state index in [0.717, 1.165) is 22.4 Å². The van der Waals surface area contributed by atoms with Crippen molar-refractivity contribution in [2.45, 2.75) is 50.0 Å². The average Bonchev–Trinajstić information content (AvgIpc) is 2.68. The fraction of sp³-hybridized carbons (Fsp3) is 0.280. The number of para-hydroxylation sites is 1. The summed E-state index contributed by atoms with van der Waals surface area (Å²) in [5.41, 5.74) is 2.91. The second-order valence-corrected chi connectivity index (χ2v) is 11.2. The molecule has 0 unspecified atom stereocenters. The summed E-state index contributed by atoms with van der Waals surface area (Å²) in [6.45, 7) is 8.15. The highest BCUT2D eigenvalue weighted by molar-refractivity contribution is 7.93. The molecule has 1 aliphatic rings. The zero-order chi connectivity index (χ0) is 21.7. The number of fused-ring (bicyclic) bond motifs is 1. The summed E-state index contributed by atoms with van der Waals surface area (Å²) in [4.78, 5) is 0.311. The molecule has 1 heterocycles. The van der Waals surface area contributed by atoms with E-state index in [2.05, 4.69) is 6.92 Å². The third-order valence-corrected chi connectivity index (χ3v) is 8.39. The first-order chi connectivity index (χ1) is 14.1. The Morgan fingerprint density at radius 2 is 1.47 bits per heavy atom. The summed E-state index contributed by atoms with van der Waals surface area (Å²) in [7, 11) is -3.73. The van der Waals surface area contributed by atoms with Crippen molar-refractivity contribution in [3.05, 3.63) is 94.5 Å². The molecule has 3 nitrogen and oxygen atoms in total. The van der Waals surface area contributed by atoms with Crippen molar-refractivity contribution in [2.75, 3.05) is 4.31 Å². The molecule has 0 saturated heterocycles. The topological polar surface area (TPSA) is 37.4 Å². The second-order valence-electron chi connectivity index (χ2n) is 8.93. The molecule has 0 saturated carbocycles. The monoisotopic (exact) mass is 439 g/mol. The molecule has 1 atom stereocenters. The SMILES string of the molecule is Cc1ccc(S(=O)(=O)N2c3ccccc3[C@@](C)(c3ccc(Cl)cc3)CC2(C)C)cc1. The van der Waals surface area contributed by atoms with E-state index in [1.54, 1.807) is 16.4 Å². The summed E-state index contributed by atoms with van der Waals surface area (Å²) in [5, 5.41) is 0.689. The van der Waals surface area contributed by atoms with E-state index in [0.29, 0.717) is 16.3 Å². The molecule has 30 heavy (non-hydrogen) atoms. The molecule has 1 aliphatic heterocycles. The van der Waals surface area contributed by atoms with Gasteiger partial charge in [0.05, 0.1) is 16.1 Å². The van der Waals surface area contributed by atoms with Gasteiger partial charge in [-0.3, -0.25) is 4.31 Å². The number of hydrogen-bond donors (Lipinski definition) is 0. The van der Waals surface area contributed by atoms with Crippen molar-refractivity contribution in [1.29, 1.82) is 0 Å². The number of rotatable bonds is 3. The van der Waals surface area contributed by atoms with Crippen LogP contribution in [0, 0.1) is 6.92 Å². The molecule has 0 fully saturated rings. The first-order valence-electron chi connectivity index (χ1n) is 10.0. The molecule has 0 bridgehead atoms. The predicted molar refractivity (Wildman–Crippen MR) is 124 cm³/mol. The lowest BCUT2D eigenvalue weighted by Crippen LogP contribution is -2.55. The minimum absolute atomic E-state index is 0.311. The lowest BCUT2D eigenvalue weighted by atomic mass is 9.66. The molecule has 0 aliphatic carbocycles. The van der Waals surface area contributed by atoms with E-state index in [9.17, 15) is 8.42 Å². The molecule has 156 valence electrons. The number of halogens is 1. The molecule has 4 rings (SSSR count). The van der Waals surface area contributed by atoms with Gasteiger partial charge in [0.15, 0.2) is 0 Å². The summed E-state index contributed by atoms with van der Waals surface area (Å²) >= 11 is 6.13. The van der Waals surface area contributed by atoms with Gasteiger partial charge in [0.2, 0.25) is 0 Å². The fourth-order valence-electron chi connectivity index (χ4n) is 4.82. The van der Waals surface area contributed by atoms with Gasteiger partial charge in [-0.05, 0) is 68.7 Å². The fourth-order valence-corrected chi connectivity index (χ4v) is 6.77. The van der Waals surface area contributed by atoms with Gasteiger partial charge in [-0.2, -0.15) is 0 Å². The first kappa shape index (κ1) is 21.0. The lowest BCUT2D eigenvalue weighted by molar-refractivity contribution is 0.351. The molecule has 0 aromatic heterocycles. The largest absolute Gasteiger partial charge is 0.264 e. The minimum Gasteiger partial charge on any atom is -0.260 e. The van der Waals surface area contributed by atoms with Crippen LogP contribution in [-0.4, -0.2) is 14.0 Å². The van der Waals surface area contributed by atoms with Gasteiger partial charge in [-0.15, -0.1) is 0 Å². The van der Waals surface area contributed by atoms with Crippen molar-refractivity contribution >= 4 is 27.3 Å². The van der Waals surface area contributed by atoms with E-state index < -0.39 is 15.6 Å². The summed E-state index contributed by atoms with van der Waals surface area (Å²) in [6, 6.07) is 22.8. The molecule has 0 amide bonds. The highest BCUT2D eigenvalue weighted by Crippen LogP contribution is 2.52. The third kappa shape index (κ3) is 3.32. The van der Waals surface area contributed by atoms with E-state index in [1.807, 2.05) is 81.4 Å². The number of sulfonamides is 1. The van der Waals surface area contributed by atoms with E-state index in [4.69, 9.17) is 11.6 Å². The summed E-state index contributed by atoms with van der Waals surface area (Å²) in [5.74, 6) is 0. The summed E-state index contributed by atoms with van der Waals surface area (Å²) in [6.07, 6.45) is 0.643. The standard InChI is InChI=1S/C25H26ClNO2S/c1-18-9-15-21(16-10-18)30(28,29)27-23-8-6-5-7-22(23)25(4,17-24(27,2)3)19-11-13-20(26)14-12-19/h5-16H,17H2,1-4H3/t25-/m1/s1. The molecule has 0 N–H and O–H groups in total. The van der Waals surface area contributed by atoms with Crippen molar-refractivity contribution in [3.8, 4) is 0 Å². The Hall–Kier alpha value is -2.30. The predicted octanol–water partition coefficient (Wildman–Crippen LogP) is 6.33. The van der Waals surface area contributed by atoms with Crippen molar-refractivity contribution in [3.63, 3.8) is 0 Å². The van der Waals surface area contributed by atoms with Crippen LogP contribution in [0.25, 0.3) is 0 Å². The van der Waals surface area contributed by atoms with Crippen LogP contribution < -0.4 is 4.31 Å². The molecular weight excluding hydrogens is 414 g/mol. The molecule has 0 spiro atoms. The maximum atomic E-state index is 13.8. The number of anilines is 1. The maximum Gasteiger partial charge on any atom is 0.264 e. The van der Waals surface area contributed by atoms with E-state index >= 15 is 0 Å². The van der Waals surface area contributed by atoms with Crippen LogP contribution in [0.5, 0.6) is 0 Å². The van der Waals surface area contributed by atoms with E-state index in [-0.39, 0.29) is 5.41 Å². The van der Waals surface area contributed by atoms with Crippen molar-refractivity contribution in [2.24, 2.45) is 0 Å². The number of benzene rings is 3. The van der Waals surface area contributed by atoms with Gasteiger partial charge in [-0.25, -0.2) is 8.42 Å². The van der Waals surface area contributed by atoms with Crippen molar-refractivity contribution < 1.29 is 8.42 Å². The van der Waals surface area contributed by atoms with Gasteiger partial charge >= 0.3 is 0 Å². The van der Waals surface area contributed by atoms with Crippen LogP contribution in [0.15, 0.2) is 77.7 Å². The van der Waals surface area contributed by atoms with Crippen molar-refractivity contribution in [1.82, 2.24) is 0 Å². The average molecular weight is 440 g/mol. The molecule has 3 aromatic rings. The van der Waals surface area contributed by atoms with Crippen LogP contribution >= 0.6 is 11.6 Å². The molecular formula is C25H26ClNO2S. The Morgan fingerprint density at radius 3 is 2.10 bits per heavy atom.